The number of carbonyl (C=O) groups excluding carboxylic acids is 1. The Morgan fingerprint density at radius 3 is 2.31 bits per heavy atom. The summed E-state index contributed by atoms with van der Waals surface area (Å²) in [5.74, 6) is 0.704. The molecule has 0 saturated heterocycles. The van der Waals surface area contributed by atoms with Crippen molar-refractivity contribution < 1.29 is 17.9 Å². The number of hydrogen-bond acceptors (Lipinski definition) is 4. The predicted molar refractivity (Wildman–Crippen MR) is 128 cm³/mol. The van der Waals surface area contributed by atoms with Gasteiger partial charge in [0.2, 0.25) is 0 Å². The van der Waals surface area contributed by atoms with Crippen LogP contribution in [0.1, 0.15) is 37.3 Å². The SMILES string of the molecule is CCC(C)c1ccccc1OCC(=O)Nc1ccc(S(=O)(=O)Nc2ccccc2C)cc1. The van der Waals surface area contributed by atoms with E-state index in [4.69, 9.17) is 4.74 Å². The smallest absolute Gasteiger partial charge is 0.262 e. The first kappa shape index (κ1) is 23.3. The number of amides is 1. The summed E-state index contributed by atoms with van der Waals surface area (Å²) in [4.78, 5) is 12.4. The van der Waals surface area contributed by atoms with Crippen molar-refractivity contribution in [2.45, 2.75) is 38.0 Å². The highest BCUT2D eigenvalue weighted by Gasteiger charge is 2.16. The third-order valence-electron chi connectivity index (χ3n) is 5.26. The average Bonchev–Trinajstić information content (AvgIpc) is 2.79. The molecule has 3 rings (SSSR count). The quantitative estimate of drug-likeness (QED) is 0.460. The lowest BCUT2D eigenvalue weighted by molar-refractivity contribution is -0.118. The summed E-state index contributed by atoms with van der Waals surface area (Å²) in [6.45, 7) is 5.92. The van der Waals surface area contributed by atoms with E-state index in [1.807, 2.05) is 43.3 Å². The third-order valence-corrected chi connectivity index (χ3v) is 6.64. The van der Waals surface area contributed by atoms with Crippen molar-refractivity contribution in [3.63, 3.8) is 0 Å². The molecule has 0 spiro atoms. The highest BCUT2D eigenvalue weighted by molar-refractivity contribution is 7.92. The van der Waals surface area contributed by atoms with E-state index in [-0.39, 0.29) is 17.4 Å². The van der Waals surface area contributed by atoms with Crippen LogP contribution in [0.25, 0.3) is 0 Å². The highest BCUT2D eigenvalue weighted by Crippen LogP contribution is 2.28. The van der Waals surface area contributed by atoms with E-state index in [0.717, 1.165) is 17.5 Å². The van der Waals surface area contributed by atoms with Gasteiger partial charge in [-0.15, -0.1) is 0 Å². The molecule has 168 valence electrons. The number of carbonyl (C=O) groups is 1. The fourth-order valence-electron chi connectivity index (χ4n) is 3.19. The first-order chi connectivity index (χ1) is 15.3. The average molecular weight is 453 g/mol. The van der Waals surface area contributed by atoms with E-state index in [0.29, 0.717) is 23.0 Å². The van der Waals surface area contributed by atoms with Crippen LogP contribution < -0.4 is 14.8 Å². The molecule has 0 saturated carbocycles. The second-order valence-electron chi connectivity index (χ2n) is 7.63. The summed E-state index contributed by atoms with van der Waals surface area (Å²) in [6, 6.07) is 20.9. The van der Waals surface area contributed by atoms with Crippen LogP contribution in [0.5, 0.6) is 5.75 Å². The lowest BCUT2D eigenvalue weighted by atomic mass is 9.98. The molecule has 1 amide bonds. The van der Waals surface area contributed by atoms with Crippen molar-refractivity contribution in [1.29, 1.82) is 0 Å². The van der Waals surface area contributed by atoms with Crippen LogP contribution >= 0.6 is 0 Å². The zero-order valence-electron chi connectivity index (χ0n) is 18.5. The van der Waals surface area contributed by atoms with Gasteiger partial charge < -0.3 is 10.1 Å². The Bertz CT molecular complexity index is 1170. The lowest BCUT2D eigenvalue weighted by Gasteiger charge is -2.15. The van der Waals surface area contributed by atoms with Gasteiger partial charge in [0, 0.05) is 5.69 Å². The maximum absolute atomic E-state index is 12.6. The second-order valence-corrected chi connectivity index (χ2v) is 9.31. The van der Waals surface area contributed by atoms with Crippen molar-refractivity contribution in [1.82, 2.24) is 0 Å². The van der Waals surface area contributed by atoms with E-state index in [2.05, 4.69) is 23.9 Å². The Balaban J connectivity index is 1.61. The molecular formula is C25H28N2O4S. The number of nitrogens with one attached hydrogen (secondary N) is 2. The molecule has 32 heavy (non-hydrogen) atoms. The standard InChI is InChI=1S/C25H28N2O4S/c1-4-18(2)22-10-6-8-12-24(22)31-17-25(28)26-20-13-15-21(16-14-20)32(29,30)27-23-11-7-5-9-19(23)3/h5-16,18,27H,4,17H2,1-3H3,(H,26,28). The largest absolute Gasteiger partial charge is 0.483 e. The molecule has 0 radical (unpaired) electrons. The molecule has 0 fully saturated rings. The minimum atomic E-state index is -3.73. The van der Waals surface area contributed by atoms with Crippen molar-refractivity contribution in [3.8, 4) is 5.75 Å². The molecule has 0 aliphatic carbocycles. The Morgan fingerprint density at radius 2 is 1.62 bits per heavy atom. The van der Waals surface area contributed by atoms with E-state index >= 15 is 0 Å². The van der Waals surface area contributed by atoms with Gasteiger partial charge in [-0.25, -0.2) is 8.42 Å². The summed E-state index contributed by atoms with van der Waals surface area (Å²) in [6.07, 6.45) is 0.973. The molecule has 7 heteroatoms. The number of aryl methyl sites for hydroxylation is 1. The van der Waals surface area contributed by atoms with Crippen LogP contribution in [0.4, 0.5) is 11.4 Å². The van der Waals surface area contributed by atoms with Crippen LogP contribution in [0.15, 0.2) is 77.7 Å². The number of rotatable bonds is 9. The number of ether oxygens (including phenoxy) is 1. The number of sulfonamides is 1. The maximum atomic E-state index is 12.6. The summed E-state index contributed by atoms with van der Waals surface area (Å²) in [7, 11) is -3.73. The lowest BCUT2D eigenvalue weighted by Crippen LogP contribution is -2.20. The topological polar surface area (TPSA) is 84.5 Å². The fraction of sp³-hybridized carbons (Fsp3) is 0.240. The van der Waals surface area contributed by atoms with Gasteiger partial charge in [0.05, 0.1) is 10.6 Å². The molecule has 6 nitrogen and oxygen atoms in total. The van der Waals surface area contributed by atoms with Crippen LogP contribution in [-0.4, -0.2) is 20.9 Å². The molecule has 1 unspecified atom stereocenters. The highest BCUT2D eigenvalue weighted by atomic mass is 32.2. The molecule has 1 atom stereocenters. The van der Waals surface area contributed by atoms with Gasteiger partial charge in [0.1, 0.15) is 5.75 Å². The molecule has 0 heterocycles. The Morgan fingerprint density at radius 1 is 0.969 bits per heavy atom. The summed E-state index contributed by atoms with van der Waals surface area (Å²) in [5, 5.41) is 2.73. The Hall–Kier alpha value is -3.32. The Kier molecular flexibility index (Phi) is 7.53. The van der Waals surface area contributed by atoms with E-state index in [1.54, 1.807) is 24.3 Å². The molecule has 0 aliphatic rings. The van der Waals surface area contributed by atoms with Gasteiger partial charge in [0.25, 0.3) is 15.9 Å². The third kappa shape index (κ3) is 5.88. The minimum Gasteiger partial charge on any atom is -0.483 e. The normalized spacial score (nSPS) is 12.1. The molecular weight excluding hydrogens is 424 g/mol. The first-order valence-corrected chi connectivity index (χ1v) is 12.0. The van der Waals surface area contributed by atoms with Crippen LogP contribution in [0.2, 0.25) is 0 Å². The first-order valence-electron chi connectivity index (χ1n) is 10.5. The molecule has 0 bridgehead atoms. The van der Waals surface area contributed by atoms with Gasteiger partial charge in [-0.05, 0) is 66.8 Å². The van der Waals surface area contributed by atoms with Crippen molar-refractivity contribution in [2.24, 2.45) is 0 Å². The maximum Gasteiger partial charge on any atom is 0.262 e. The molecule has 3 aromatic carbocycles. The minimum absolute atomic E-state index is 0.109. The van der Waals surface area contributed by atoms with Gasteiger partial charge in [-0.2, -0.15) is 0 Å². The van der Waals surface area contributed by atoms with Crippen molar-refractivity contribution in [3.05, 3.63) is 83.9 Å². The zero-order valence-corrected chi connectivity index (χ0v) is 19.3. The number of para-hydroxylation sites is 2. The molecule has 0 aliphatic heterocycles. The second kappa shape index (κ2) is 10.3. The summed E-state index contributed by atoms with van der Waals surface area (Å²) >= 11 is 0. The van der Waals surface area contributed by atoms with E-state index < -0.39 is 10.0 Å². The molecule has 3 aromatic rings. The van der Waals surface area contributed by atoms with Gasteiger partial charge in [-0.3, -0.25) is 9.52 Å². The predicted octanol–water partition coefficient (Wildman–Crippen LogP) is 5.33. The van der Waals surface area contributed by atoms with Crippen molar-refractivity contribution in [2.75, 3.05) is 16.6 Å². The number of hydrogen-bond donors (Lipinski definition) is 2. The summed E-state index contributed by atoms with van der Waals surface area (Å²) < 4.78 is 33.6. The van der Waals surface area contributed by atoms with Crippen LogP contribution in [0.3, 0.4) is 0 Å². The molecule has 0 aromatic heterocycles. The van der Waals surface area contributed by atoms with Gasteiger partial charge in [0.15, 0.2) is 6.61 Å². The van der Waals surface area contributed by atoms with E-state index in [9.17, 15) is 13.2 Å². The Labute approximate surface area is 189 Å². The van der Waals surface area contributed by atoms with Crippen LogP contribution in [-0.2, 0) is 14.8 Å². The molecule has 2 N–H and O–H groups in total. The number of anilines is 2. The van der Waals surface area contributed by atoms with Crippen molar-refractivity contribution >= 4 is 27.3 Å². The summed E-state index contributed by atoms with van der Waals surface area (Å²) in [5.41, 5.74) is 2.91. The van der Waals surface area contributed by atoms with Gasteiger partial charge >= 0.3 is 0 Å². The monoisotopic (exact) mass is 452 g/mol. The zero-order chi connectivity index (χ0) is 23.1. The number of benzene rings is 3. The fourth-order valence-corrected chi connectivity index (χ4v) is 4.32. The van der Waals surface area contributed by atoms with E-state index in [1.165, 1.54) is 12.1 Å². The van der Waals surface area contributed by atoms with Crippen LogP contribution in [0, 0.1) is 6.92 Å². The van der Waals surface area contributed by atoms with Gasteiger partial charge in [-0.1, -0.05) is 50.2 Å².